The summed E-state index contributed by atoms with van der Waals surface area (Å²) in [6, 6.07) is 8.05. The maximum atomic E-state index is 12.4. The number of nitrogens with zero attached hydrogens (tertiary/aromatic N) is 1. The number of halogens is 1. The number of benzene rings is 1. The molecular formula is C14H19BrN2O. The molecule has 2 N–H and O–H groups in total. The van der Waals surface area contributed by atoms with Gasteiger partial charge in [0.1, 0.15) is 0 Å². The molecule has 98 valence electrons. The van der Waals surface area contributed by atoms with Crippen molar-refractivity contribution in [2.24, 2.45) is 11.1 Å². The normalized spacial score (nSPS) is 17.1. The highest BCUT2D eigenvalue weighted by atomic mass is 79.9. The van der Waals surface area contributed by atoms with Crippen molar-refractivity contribution >= 4 is 21.8 Å². The lowest BCUT2D eigenvalue weighted by atomic mass is 9.68. The highest BCUT2D eigenvalue weighted by Gasteiger charge is 2.44. The summed E-state index contributed by atoms with van der Waals surface area (Å²) in [4.78, 5) is 14.2. The van der Waals surface area contributed by atoms with E-state index in [1.807, 2.05) is 31.3 Å². The van der Waals surface area contributed by atoms with Crippen molar-refractivity contribution in [1.82, 2.24) is 4.90 Å². The maximum absolute atomic E-state index is 12.4. The van der Waals surface area contributed by atoms with Crippen molar-refractivity contribution in [3.8, 4) is 0 Å². The second kappa shape index (κ2) is 5.41. The number of nitrogens with two attached hydrogens (primary N) is 1. The Labute approximate surface area is 116 Å². The summed E-state index contributed by atoms with van der Waals surface area (Å²) in [5.74, 6) is 0.194. The Hall–Kier alpha value is -0.870. The van der Waals surface area contributed by atoms with Crippen molar-refractivity contribution in [2.75, 3.05) is 13.6 Å². The SMILES string of the molecule is CN(Cc1ccc(Br)cc1)C(=O)C1(CN)CCC1. The number of carbonyl (C=O) groups is 1. The van der Waals surface area contributed by atoms with Gasteiger partial charge in [0.05, 0.1) is 5.41 Å². The van der Waals surface area contributed by atoms with E-state index in [0.29, 0.717) is 13.1 Å². The standard InChI is InChI=1S/C14H19BrN2O/c1-17(9-11-3-5-12(15)6-4-11)13(18)14(10-16)7-2-8-14/h3-6H,2,7-10,16H2,1H3. The zero-order valence-corrected chi connectivity index (χ0v) is 12.2. The van der Waals surface area contributed by atoms with E-state index >= 15 is 0 Å². The smallest absolute Gasteiger partial charge is 0.230 e. The fourth-order valence-electron chi connectivity index (χ4n) is 2.45. The summed E-state index contributed by atoms with van der Waals surface area (Å²) >= 11 is 3.41. The molecule has 1 amide bonds. The third-order valence-corrected chi connectivity index (χ3v) is 4.36. The zero-order chi connectivity index (χ0) is 13.2. The molecule has 1 aromatic carbocycles. The Balaban J connectivity index is 2.01. The summed E-state index contributed by atoms with van der Waals surface area (Å²) < 4.78 is 1.05. The van der Waals surface area contributed by atoms with E-state index in [1.54, 1.807) is 4.90 Å². The van der Waals surface area contributed by atoms with Crippen molar-refractivity contribution in [1.29, 1.82) is 0 Å². The van der Waals surface area contributed by atoms with Crippen molar-refractivity contribution < 1.29 is 4.79 Å². The maximum Gasteiger partial charge on any atom is 0.230 e. The number of amides is 1. The first-order valence-electron chi connectivity index (χ1n) is 6.27. The van der Waals surface area contributed by atoms with Gasteiger partial charge >= 0.3 is 0 Å². The van der Waals surface area contributed by atoms with E-state index in [9.17, 15) is 4.79 Å². The van der Waals surface area contributed by atoms with Crippen LogP contribution >= 0.6 is 15.9 Å². The first-order chi connectivity index (χ1) is 8.57. The van der Waals surface area contributed by atoms with Crippen molar-refractivity contribution in [3.63, 3.8) is 0 Å². The van der Waals surface area contributed by atoms with Gasteiger partial charge in [0.15, 0.2) is 0 Å². The number of hydrogen-bond donors (Lipinski definition) is 1. The summed E-state index contributed by atoms with van der Waals surface area (Å²) in [6.07, 6.45) is 3.00. The van der Waals surface area contributed by atoms with E-state index < -0.39 is 0 Å². The van der Waals surface area contributed by atoms with Gasteiger partial charge in [-0.25, -0.2) is 0 Å². The molecule has 0 unspecified atom stereocenters. The third kappa shape index (κ3) is 2.59. The van der Waals surface area contributed by atoms with Crippen LogP contribution in [-0.2, 0) is 11.3 Å². The number of carbonyl (C=O) groups excluding carboxylic acids is 1. The molecule has 3 nitrogen and oxygen atoms in total. The molecule has 2 rings (SSSR count). The van der Waals surface area contributed by atoms with Crippen LogP contribution in [0.5, 0.6) is 0 Å². The zero-order valence-electron chi connectivity index (χ0n) is 10.7. The van der Waals surface area contributed by atoms with Crippen molar-refractivity contribution in [3.05, 3.63) is 34.3 Å². The highest BCUT2D eigenvalue weighted by Crippen LogP contribution is 2.41. The second-order valence-corrected chi connectivity index (χ2v) is 6.04. The summed E-state index contributed by atoms with van der Waals surface area (Å²) in [5.41, 5.74) is 6.63. The van der Waals surface area contributed by atoms with E-state index in [0.717, 1.165) is 29.3 Å². The van der Waals surface area contributed by atoms with Crippen molar-refractivity contribution in [2.45, 2.75) is 25.8 Å². The molecule has 0 radical (unpaired) electrons. The van der Waals surface area contributed by atoms with Crippen LogP contribution in [0.1, 0.15) is 24.8 Å². The Morgan fingerprint density at radius 3 is 2.44 bits per heavy atom. The molecule has 0 spiro atoms. The van der Waals surface area contributed by atoms with Crippen LogP contribution in [0, 0.1) is 5.41 Å². The van der Waals surface area contributed by atoms with Crippen LogP contribution < -0.4 is 5.73 Å². The Morgan fingerprint density at radius 2 is 2.00 bits per heavy atom. The van der Waals surface area contributed by atoms with E-state index in [-0.39, 0.29) is 11.3 Å². The Bertz CT molecular complexity index is 420. The summed E-state index contributed by atoms with van der Waals surface area (Å²) in [6.45, 7) is 1.12. The van der Waals surface area contributed by atoms with Gasteiger partial charge in [0.25, 0.3) is 0 Å². The Morgan fingerprint density at radius 1 is 1.39 bits per heavy atom. The van der Waals surface area contributed by atoms with Crippen LogP contribution in [0.2, 0.25) is 0 Å². The van der Waals surface area contributed by atoms with Gasteiger partial charge in [-0.15, -0.1) is 0 Å². The van der Waals surface area contributed by atoms with Crippen LogP contribution in [0.25, 0.3) is 0 Å². The van der Waals surface area contributed by atoms with Gasteiger partial charge in [0.2, 0.25) is 5.91 Å². The first-order valence-corrected chi connectivity index (χ1v) is 7.07. The van der Waals surface area contributed by atoms with Gasteiger partial charge < -0.3 is 10.6 Å². The molecule has 0 atom stereocenters. The lowest BCUT2D eigenvalue weighted by Crippen LogP contribution is -2.50. The molecule has 1 fully saturated rings. The summed E-state index contributed by atoms with van der Waals surface area (Å²) in [7, 11) is 1.86. The predicted octanol–water partition coefficient (Wildman–Crippen LogP) is 2.54. The van der Waals surface area contributed by atoms with E-state index in [4.69, 9.17) is 5.73 Å². The van der Waals surface area contributed by atoms with Crippen LogP contribution in [-0.4, -0.2) is 24.4 Å². The molecule has 18 heavy (non-hydrogen) atoms. The molecule has 0 heterocycles. The first kappa shape index (κ1) is 13.6. The van der Waals surface area contributed by atoms with Gasteiger partial charge in [-0.3, -0.25) is 4.79 Å². The molecule has 1 aromatic rings. The lowest BCUT2D eigenvalue weighted by Gasteiger charge is -2.41. The van der Waals surface area contributed by atoms with E-state index in [1.165, 1.54) is 0 Å². The van der Waals surface area contributed by atoms with Gasteiger partial charge in [-0.2, -0.15) is 0 Å². The molecule has 1 aliphatic rings. The monoisotopic (exact) mass is 310 g/mol. The topological polar surface area (TPSA) is 46.3 Å². The average Bonchev–Trinajstić information content (AvgIpc) is 2.31. The molecule has 0 bridgehead atoms. The predicted molar refractivity (Wildman–Crippen MR) is 76.0 cm³/mol. The highest BCUT2D eigenvalue weighted by molar-refractivity contribution is 9.10. The molecule has 1 aliphatic carbocycles. The molecule has 0 saturated heterocycles. The number of rotatable bonds is 4. The minimum atomic E-state index is -0.274. The van der Waals surface area contributed by atoms with Crippen LogP contribution in [0.15, 0.2) is 28.7 Å². The third-order valence-electron chi connectivity index (χ3n) is 3.83. The van der Waals surface area contributed by atoms with Gasteiger partial charge in [-0.1, -0.05) is 34.5 Å². The largest absolute Gasteiger partial charge is 0.341 e. The Kier molecular flexibility index (Phi) is 4.07. The molecule has 0 aliphatic heterocycles. The van der Waals surface area contributed by atoms with Crippen LogP contribution in [0.4, 0.5) is 0 Å². The fraction of sp³-hybridized carbons (Fsp3) is 0.500. The second-order valence-electron chi connectivity index (χ2n) is 5.13. The fourth-order valence-corrected chi connectivity index (χ4v) is 2.71. The molecule has 4 heteroatoms. The number of hydrogen-bond acceptors (Lipinski definition) is 2. The van der Waals surface area contributed by atoms with Gasteiger partial charge in [0, 0.05) is 24.6 Å². The average molecular weight is 311 g/mol. The quantitative estimate of drug-likeness (QED) is 0.929. The molecule has 0 aromatic heterocycles. The molecular weight excluding hydrogens is 292 g/mol. The molecule has 1 saturated carbocycles. The minimum absolute atomic E-state index is 0.194. The van der Waals surface area contributed by atoms with E-state index in [2.05, 4.69) is 15.9 Å². The van der Waals surface area contributed by atoms with Gasteiger partial charge in [-0.05, 0) is 30.5 Å². The van der Waals surface area contributed by atoms with Crippen LogP contribution in [0.3, 0.4) is 0 Å². The minimum Gasteiger partial charge on any atom is -0.341 e. The lowest BCUT2D eigenvalue weighted by molar-refractivity contribution is -0.145. The summed E-state index contributed by atoms with van der Waals surface area (Å²) in [5, 5.41) is 0.